The molecule has 1 aromatic carbocycles. The highest BCUT2D eigenvalue weighted by atomic mass is 127. The number of primary amides is 1. The van der Waals surface area contributed by atoms with E-state index in [0.717, 1.165) is 49.7 Å². The van der Waals surface area contributed by atoms with E-state index in [-0.39, 0.29) is 29.9 Å². The van der Waals surface area contributed by atoms with E-state index < -0.39 is 0 Å². The van der Waals surface area contributed by atoms with Crippen LogP contribution in [0.4, 0.5) is 0 Å². The lowest BCUT2D eigenvalue weighted by molar-refractivity contribution is -0.119. The fourth-order valence-electron chi connectivity index (χ4n) is 3.03. The Morgan fingerprint density at radius 1 is 1.40 bits per heavy atom. The van der Waals surface area contributed by atoms with Gasteiger partial charge in [-0.3, -0.25) is 4.79 Å². The van der Waals surface area contributed by atoms with Crippen molar-refractivity contribution in [1.29, 1.82) is 0 Å². The number of nitrogens with zero attached hydrogens (tertiary/aromatic N) is 2. The van der Waals surface area contributed by atoms with Gasteiger partial charge in [0, 0.05) is 26.1 Å². The Bertz CT molecular complexity index is 563. The number of hydrogen-bond donors (Lipinski definition) is 2. The average molecular weight is 460 g/mol. The molecule has 1 aliphatic heterocycles. The molecule has 0 aliphatic carbocycles. The Labute approximate surface area is 167 Å². The number of methoxy groups -OCH3 is 1. The second-order valence-corrected chi connectivity index (χ2v) is 6.14. The summed E-state index contributed by atoms with van der Waals surface area (Å²) in [5.74, 6) is 1.85. The topological polar surface area (TPSA) is 80.0 Å². The molecular weight excluding hydrogens is 431 g/mol. The highest BCUT2D eigenvalue weighted by Crippen LogP contribution is 2.19. The summed E-state index contributed by atoms with van der Waals surface area (Å²) < 4.78 is 5.18. The molecular formula is C18H29IN4O2. The van der Waals surface area contributed by atoms with Crippen LogP contribution in [0.5, 0.6) is 5.75 Å². The summed E-state index contributed by atoms with van der Waals surface area (Å²) in [6.07, 6.45) is 2.57. The molecule has 1 heterocycles. The number of guanidine groups is 1. The fourth-order valence-corrected chi connectivity index (χ4v) is 3.03. The van der Waals surface area contributed by atoms with Gasteiger partial charge in [-0.1, -0.05) is 12.1 Å². The second kappa shape index (κ2) is 11.2. The number of carbonyl (C=O) groups is 1. The molecule has 1 amide bonds. The minimum Gasteiger partial charge on any atom is -0.497 e. The minimum atomic E-state index is -0.220. The Hall–Kier alpha value is -1.51. The van der Waals surface area contributed by atoms with Crippen LogP contribution in [0.3, 0.4) is 0 Å². The minimum absolute atomic E-state index is 0. The molecule has 7 heteroatoms. The third-order valence-corrected chi connectivity index (χ3v) is 4.21. The van der Waals surface area contributed by atoms with Gasteiger partial charge in [-0.05, 0) is 43.4 Å². The monoisotopic (exact) mass is 460 g/mol. The summed E-state index contributed by atoms with van der Waals surface area (Å²) in [4.78, 5) is 18.2. The Morgan fingerprint density at radius 3 is 2.72 bits per heavy atom. The van der Waals surface area contributed by atoms with Crippen molar-refractivity contribution < 1.29 is 9.53 Å². The lowest BCUT2D eigenvalue weighted by Gasteiger charge is -2.34. The first kappa shape index (κ1) is 21.5. The third kappa shape index (κ3) is 7.09. The van der Waals surface area contributed by atoms with Crippen LogP contribution in [0.25, 0.3) is 0 Å². The molecule has 1 fully saturated rings. The van der Waals surface area contributed by atoms with Gasteiger partial charge in [-0.2, -0.15) is 0 Å². The van der Waals surface area contributed by atoms with Crippen molar-refractivity contribution in [3.8, 4) is 5.75 Å². The molecule has 1 aromatic rings. The predicted molar refractivity (Wildman–Crippen MR) is 111 cm³/mol. The summed E-state index contributed by atoms with van der Waals surface area (Å²) >= 11 is 0. The van der Waals surface area contributed by atoms with E-state index >= 15 is 0 Å². The van der Waals surface area contributed by atoms with Crippen LogP contribution < -0.4 is 15.8 Å². The largest absolute Gasteiger partial charge is 0.497 e. The zero-order valence-corrected chi connectivity index (χ0v) is 17.4. The van der Waals surface area contributed by atoms with E-state index in [1.165, 1.54) is 0 Å². The number of hydrogen-bond acceptors (Lipinski definition) is 3. The van der Waals surface area contributed by atoms with Gasteiger partial charge in [-0.25, -0.2) is 4.99 Å². The van der Waals surface area contributed by atoms with Gasteiger partial charge in [0.15, 0.2) is 5.96 Å². The molecule has 6 nitrogen and oxygen atoms in total. The SMILES string of the molecule is CCNC(=NCc1ccc(OC)cc1)N1CCCC(CC(N)=O)C1.I. The molecule has 0 spiro atoms. The van der Waals surface area contributed by atoms with Gasteiger partial charge in [0.05, 0.1) is 13.7 Å². The highest BCUT2D eigenvalue weighted by molar-refractivity contribution is 14.0. The number of rotatable bonds is 6. The van der Waals surface area contributed by atoms with Crippen LogP contribution in [0.2, 0.25) is 0 Å². The molecule has 140 valence electrons. The molecule has 1 aliphatic rings. The summed E-state index contributed by atoms with van der Waals surface area (Å²) in [6.45, 7) is 5.29. The van der Waals surface area contributed by atoms with E-state index in [4.69, 9.17) is 15.5 Å². The molecule has 2 rings (SSSR count). The van der Waals surface area contributed by atoms with Crippen molar-refractivity contribution in [1.82, 2.24) is 10.2 Å². The standard InChI is InChI=1S/C18H28N4O2.HI/c1-3-20-18(21-12-14-6-8-16(24-2)9-7-14)22-10-4-5-15(13-22)11-17(19)23;/h6-9,15H,3-5,10-13H2,1-2H3,(H2,19,23)(H,20,21);1H. The van der Waals surface area contributed by atoms with Crippen molar-refractivity contribution in [2.75, 3.05) is 26.7 Å². The quantitative estimate of drug-likeness (QED) is 0.388. The number of ether oxygens (including phenoxy) is 1. The molecule has 0 bridgehead atoms. The van der Waals surface area contributed by atoms with Crippen LogP contribution in [-0.2, 0) is 11.3 Å². The number of carbonyl (C=O) groups excluding carboxylic acids is 1. The van der Waals surface area contributed by atoms with Crippen LogP contribution in [0.1, 0.15) is 31.7 Å². The average Bonchev–Trinajstić information content (AvgIpc) is 2.58. The number of nitrogens with one attached hydrogen (secondary N) is 1. The number of aliphatic imine (C=N–C) groups is 1. The summed E-state index contributed by atoms with van der Waals surface area (Å²) in [7, 11) is 1.66. The second-order valence-electron chi connectivity index (χ2n) is 6.14. The van der Waals surface area contributed by atoms with E-state index in [9.17, 15) is 4.79 Å². The number of piperidine rings is 1. The highest BCUT2D eigenvalue weighted by Gasteiger charge is 2.23. The van der Waals surface area contributed by atoms with Gasteiger partial charge in [0.2, 0.25) is 5.91 Å². The van der Waals surface area contributed by atoms with E-state index in [1.807, 2.05) is 24.3 Å². The molecule has 0 aromatic heterocycles. The molecule has 1 saturated heterocycles. The maximum atomic E-state index is 11.2. The lowest BCUT2D eigenvalue weighted by atomic mass is 9.95. The normalized spacial score (nSPS) is 17.6. The molecule has 3 N–H and O–H groups in total. The number of halogens is 1. The first-order chi connectivity index (χ1) is 11.6. The van der Waals surface area contributed by atoms with Gasteiger partial charge >= 0.3 is 0 Å². The zero-order valence-electron chi connectivity index (χ0n) is 15.0. The van der Waals surface area contributed by atoms with Crippen LogP contribution in [0.15, 0.2) is 29.3 Å². The summed E-state index contributed by atoms with van der Waals surface area (Å²) in [5.41, 5.74) is 6.48. The molecule has 0 radical (unpaired) electrons. The van der Waals surface area contributed by atoms with Gasteiger partial charge < -0.3 is 20.7 Å². The van der Waals surface area contributed by atoms with E-state index in [1.54, 1.807) is 7.11 Å². The summed E-state index contributed by atoms with van der Waals surface area (Å²) in [5, 5.41) is 3.35. The Balaban J connectivity index is 0.00000312. The van der Waals surface area contributed by atoms with Gasteiger partial charge in [0.25, 0.3) is 0 Å². The Morgan fingerprint density at radius 2 is 2.12 bits per heavy atom. The predicted octanol–water partition coefficient (Wildman–Crippen LogP) is 2.37. The van der Waals surface area contributed by atoms with Crippen LogP contribution >= 0.6 is 24.0 Å². The number of benzene rings is 1. The smallest absolute Gasteiger partial charge is 0.217 e. The van der Waals surface area contributed by atoms with Crippen molar-refractivity contribution >= 4 is 35.8 Å². The molecule has 1 atom stereocenters. The Kier molecular flexibility index (Phi) is 9.62. The van der Waals surface area contributed by atoms with E-state index in [2.05, 4.69) is 17.1 Å². The number of likely N-dealkylation sites (tertiary alicyclic amines) is 1. The van der Waals surface area contributed by atoms with Crippen molar-refractivity contribution in [3.05, 3.63) is 29.8 Å². The zero-order chi connectivity index (χ0) is 17.4. The number of amides is 1. The number of nitrogens with two attached hydrogens (primary N) is 1. The lowest BCUT2D eigenvalue weighted by Crippen LogP contribution is -2.47. The maximum Gasteiger partial charge on any atom is 0.217 e. The first-order valence-electron chi connectivity index (χ1n) is 8.56. The van der Waals surface area contributed by atoms with E-state index in [0.29, 0.717) is 18.9 Å². The third-order valence-electron chi connectivity index (χ3n) is 4.21. The molecule has 0 saturated carbocycles. The molecule has 25 heavy (non-hydrogen) atoms. The first-order valence-corrected chi connectivity index (χ1v) is 8.56. The summed E-state index contributed by atoms with van der Waals surface area (Å²) in [6, 6.07) is 7.94. The van der Waals surface area contributed by atoms with Gasteiger partial charge in [-0.15, -0.1) is 24.0 Å². The van der Waals surface area contributed by atoms with Crippen molar-refractivity contribution in [2.24, 2.45) is 16.6 Å². The van der Waals surface area contributed by atoms with Gasteiger partial charge in [0.1, 0.15) is 5.75 Å². The van der Waals surface area contributed by atoms with Crippen LogP contribution in [0, 0.1) is 5.92 Å². The molecule has 1 unspecified atom stereocenters. The van der Waals surface area contributed by atoms with Crippen molar-refractivity contribution in [2.45, 2.75) is 32.7 Å². The maximum absolute atomic E-state index is 11.2. The van der Waals surface area contributed by atoms with Crippen LogP contribution in [-0.4, -0.2) is 43.5 Å². The van der Waals surface area contributed by atoms with Crippen molar-refractivity contribution in [3.63, 3.8) is 0 Å². The fraction of sp³-hybridized carbons (Fsp3) is 0.556.